The Morgan fingerprint density at radius 3 is 1.00 bits per heavy atom. The van der Waals surface area contributed by atoms with Crippen LogP contribution in [0.2, 0.25) is 0 Å². The van der Waals surface area contributed by atoms with Crippen molar-refractivity contribution in [3.63, 3.8) is 0 Å². The summed E-state index contributed by atoms with van der Waals surface area (Å²) in [4.78, 5) is 12.5. The van der Waals surface area contributed by atoms with E-state index in [1.54, 1.807) is 0 Å². The van der Waals surface area contributed by atoms with E-state index in [0.29, 0.717) is 12.8 Å². The van der Waals surface area contributed by atoms with Crippen LogP contribution in [0.1, 0.15) is 316 Å². The highest BCUT2D eigenvalue weighted by Crippen LogP contribution is 2.18. The molecule has 0 aliphatic heterocycles. The van der Waals surface area contributed by atoms with E-state index in [2.05, 4.69) is 43.5 Å². The minimum absolute atomic E-state index is 0.0391. The van der Waals surface area contributed by atoms with E-state index >= 15 is 0 Å². The molecule has 5 nitrogen and oxygen atoms in total. The molecule has 0 spiro atoms. The number of allylic oxidation sites excluding steroid dienone is 4. The van der Waals surface area contributed by atoms with Crippen molar-refractivity contribution in [2.75, 3.05) is 6.61 Å². The van der Waals surface area contributed by atoms with Crippen molar-refractivity contribution in [3.8, 4) is 0 Å². The third kappa shape index (κ3) is 50.1. The molecule has 5 heteroatoms. The van der Waals surface area contributed by atoms with Gasteiger partial charge in [0.05, 0.1) is 31.3 Å². The largest absolute Gasteiger partial charge is 0.394 e. The number of aliphatic hydroxyl groups is 3. The number of nitrogens with one attached hydrogen (secondary N) is 1. The molecular formula is C58H113NO4. The standard InChI is InChI=1S/C58H113NO4/c1-3-5-7-9-11-13-15-17-18-19-20-21-22-23-24-25-26-27-28-29-30-31-32-33-34-35-36-37-38-40-41-43-45-47-49-51-55(61)53-58(63)59-56(54-60)57(62)52-50-48-46-44-42-39-16-14-12-10-8-6-4-2/h24-25,27-28,55-57,60-62H,3-23,26,29-54H2,1-2H3,(H,59,63)/b25-24-,28-27-. The molecule has 0 aliphatic rings. The zero-order chi connectivity index (χ0) is 45.8. The van der Waals surface area contributed by atoms with Crippen LogP contribution in [-0.4, -0.2) is 46.1 Å². The Balaban J connectivity index is 3.46. The Morgan fingerprint density at radius 2 is 0.683 bits per heavy atom. The maximum absolute atomic E-state index is 12.5. The number of aliphatic hydroxyl groups excluding tert-OH is 3. The highest BCUT2D eigenvalue weighted by molar-refractivity contribution is 5.76. The average Bonchev–Trinajstić information content (AvgIpc) is 3.28. The molecule has 0 aliphatic carbocycles. The minimum Gasteiger partial charge on any atom is -0.394 e. The van der Waals surface area contributed by atoms with Crippen molar-refractivity contribution in [2.24, 2.45) is 0 Å². The van der Waals surface area contributed by atoms with Crippen LogP contribution in [0, 0.1) is 0 Å². The van der Waals surface area contributed by atoms with Gasteiger partial charge in [0.2, 0.25) is 5.91 Å². The molecule has 4 N–H and O–H groups in total. The Hall–Kier alpha value is -1.17. The molecule has 63 heavy (non-hydrogen) atoms. The highest BCUT2D eigenvalue weighted by Gasteiger charge is 2.21. The van der Waals surface area contributed by atoms with Gasteiger partial charge in [-0.3, -0.25) is 4.79 Å². The minimum atomic E-state index is -0.747. The second-order valence-corrected chi connectivity index (χ2v) is 19.9. The van der Waals surface area contributed by atoms with E-state index in [4.69, 9.17) is 0 Å². The van der Waals surface area contributed by atoms with Crippen LogP contribution in [-0.2, 0) is 4.79 Å². The van der Waals surface area contributed by atoms with E-state index in [-0.39, 0.29) is 18.9 Å². The molecule has 0 aromatic heterocycles. The zero-order valence-electron chi connectivity index (χ0n) is 42.7. The van der Waals surface area contributed by atoms with Gasteiger partial charge in [0.1, 0.15) is 0 Å². The van der Waals surface area contributed by atoms with Crippen LogP contribution in [0.15, 0.2) is 24.3 Å². The van der Waals surface area contributed by atoms with Crippen LogP contribution < -0.4 is 5.32 Å². The molecule has 0 aromatic rings. The number of carbonyl (C=O) groups is 1. The molecule has 374 valence electrons. The summed E-state index contributed by atoms with van der Waals surface area (Å²) in [6, 6.07) is -0.656. The predicted molar refractivity (Wildman–Crippen MR) is 278 cm³/mol. The summed E-state index contributed by atoms with van der Waals surface area (Å²) in [5.74, 6) is -0.280. The number of rotatable bonds is 53. The molecule has 0 heterocycles. The highest BCUT2D eigenvalue weighted by atomic mass is 16.3. The van der Waals surface area contributed by atoms with Gasteiger partial charge in [-0.1, -0.05) is 289 Å². The van der Waals surface area contributed by atoms with Crippen molar-refractivity contribution in [1.29, 1.82) is 0 Å². The van der Waals surface area contributed by atoms with E-state index in [0.717, 1.165) is 32.1 Å². The lowest BCUT2D eigenvalue weighted by atomic mass is 10.0. The second-order valence-electron chi connectivity index (χ2n) is 19.9. The third-order valence-electron chi connectivity index (χ3n) is 13.5. The Labute approximate surface area is 394 Å². The summed E-state index contributed by atoms with van der Waals surface area (Å²) in [6.07, 6.45) is 67.8. The van der Waals surface area contributed by atoms with Crippen molar-refractivity contribution in [1.82, 2.24) is 5.32 Å². The first kappa shape index (κ1) is 61.8. The molecule has 1 amide bonds. The summed E-state index contributed by atoms with van der Waals surface area (Å²) in [7, 11) is 0. The monoisotopic (exact) mass is 888 g/mol. The average molecular weight is 889 g/mol. The van der Waals surface area contributed by atoms with E-state index in [1.165, 1.54) is 250 Å². The first-order chi connectivity index (χ1) is 31.0. The van der Waals surface area contributed by atoms with E-state index in [1.807, 2.05) is 0 Å². The zero-order valence-corrected chi connectivity index (χ0v) is 42.7. The van der Waals surface area contributed by atoms with Gasteiger partial charge in [0, 0.05) is 0 Å². The third-order valence-corrected chi connectivity index (χ3v) is 13.5. The lowest BCUT2D eigenvalue weighted by Crippen LogP contribution is -2.46. The molecule has 0 rings (SSSR count). The summed E-state index contributed by atoms with van der Waals surface area (Å²) in [5.41, 5.74) is 0. The molecule has 0 saturated carbocycles. The Morgan fingerprint density at radius 1 is 0.397 bits per heavy atom. The first-order valence-electron chi connectivity index (χ1n) is 28.6. The van der Waals surface area contributed by atoms with Gasteiger partial charge >= 0.3 is 0 Å². The van der Waals surface area contributed by atoms with Crippen molar-refractivity contribution in [2.45, 2.75) is 334 Å². The summed E-state index contributed by atoms with van der Waals surface area (Å²) < 4.78 is 0. The van der Waals surface area contributed by atoms with Gasteiger partial charge in [0.25, 0.3) is 0 Å². The molecule has 0 bridgehead atoms. The number of hydrogen-bond acceptors (Lipinski definition) is 4. The summed E-state index contributed by atoms with van der Waals surface area (Å²) in [5, 5.41) is 33.5. The molecule has 3 unspecified atom stereocenters. The van der Waals surface area contributed by atoms with Gasteiger partial charge < -0.3 is 20.6 Å². The predicted octanol–water partition coefficient (Wildman–Crippen LogP) is 17.7. The van der Waals surface area contributed by atoms with Crippen molar-refractivity contribution >= 4 is 5.91 Å². The molecule has 3 atom stereocenters. The van der Waals surface area contributed by atoms with Gasteiger partial charge in [-0.05, 0) is 44.9 Å². The Kier molecular flexibility index (Phi) is 52.5. The maximum Gasteiger partial charge on any atom is 0.222 e. The second kappa shape index (κ2) is 53.4. The SMILES string of the molecule is CCCCCCCCCCCCCCC/C=C\C/C=C\CCCCCCCCCCCCCCCCCC(O)CC(=O)NC(CO)C(O)CCCCCCCCCCCCCCC. The first-order valence-corrected chi connectivity index (χ1v) is 28.6. The number of carbonyl (C=O) groups excluding carboxylic acids is 1. The van der Waals surface area contributed by atoms with Gasteiger partial charge in [0.15, 0.2) is 0 Å². The summed E-state index contributed by atoms with van der Waals surface area (Å²) in [6.45, 7) is 4.28. The van der Waals surface area contributed by atoms with Crippen LogP contribution >= 0.6 is 0 Å². The van der Waals surface area contributed by atoms with Crippen LogP contribution in [0.5, 0.6) is 0 Å². The van der Waals surface area contributed by atoms with Crippen molar-refractivity contribution < 1.29 is 20.1 Å². The number of amides is 1. The number of hydrogen-bond donors (Lipinski definition) is 4. The van der Waals surface area contributed by atoms with Gasteiger partial charge in [-0.2, -0.15) is 0 Å². The van der Waals surface area contributed by atoms with Crippen molar-refractivity contribution in [3.05, 3.63) is 24.3 Å². The van der Waals surface area contributed by atoms with Crippen LogP contribution in [0.3, 0.4) is 0 Å². The normalized spacial score (nSPS) is 13.4. The maximum atomic E-state index is 12.5. The molecular weight excluding hydrogens is 775 g/mol. The topological polar surface area (TPSA) is 89.8 Å². The lowest BCUT2D eigenvalue weighted by molar-refractivity contribution is -0.125. The fourth-order valence-electron chi connectivity index (χ4n) is 9.14. The van der Waals surface area contributed by atoms with E-state index in [9.17, 15) is 20.1 Å². The number of unbranched alkanes of at least 4 members (excludes halogenated alkanes) is 40. The fraction of sp³-hybridized carbons (Fsp3) is 0.914. The fourth-order valence-corrected chi connectivity index (χ4v) is 9.14. The summed E-state index contributed by atoms with van der Waals surface area (Å²) >= 11 is 0. The molecule has 0 radical (unpaired) electrons. The Bertz CT molecular complexity index is 936. The van der Waals surface area contributed by atoms with Gasteiger partial charge in [-0.15, -0.1) is 0 Å². The molecule has 0 fully saturated rings. The quantitative estimate of drug-likeness (QED) is 0.0362. The lowest BCUT2D eigenvalue weighted by Gasteiger charge is -2.23. The van der Waals surface area contributed by atoms with Gasteiger partial charge in [-0.25, -0.2) is 0 Å². The molecule has 0 aromatic carbocycles. The molecule has 0 saturated heterocycles. The van der Waals surface area contributed by atoms with E-state index < -0.39 is 18.2 Å². The smallest absolute Gasteiger partial charge is 0.222 e. The van der Waals surface area contributed by atoms with Crippen LogP contribution in [0.4, 0.5) is 0 Å². The van der Waals surface area contributed by atoms with Crippen LogP contribution in [0.25, 0.3) is 0 Å².